The first-order chi connectivity index (χ1) is 16.5. The first kappa shape index (κ1) is 21.9. The standard InChI is InChI=1S/C27H24N2O5/c1-33-20-15-13-19(14-16-20)29-24(30)21-22(25(29)31)27(17-9-5-3-6-10-17,18-11-7-4-8-12-18)28-23(21)26(32)34-2/h3-16,21-23,28H,1-2H3/t21-,22-,23+/m0/s1. The van der Waals surface area contributed by atoms with Crippen LogP contribution in [-0.4, -0.2) is 38.0 Å². The van der Waals surface area contributed by atoms with Gasteiger partial charge in [-0.15, -0.1) is 0 Å². The van der Waals surface area contributed by atoms with E-state index >= 15 is 0 Å². The van der Waals surface area contributed by atoms with Crippen molar-refractivity contribution in [3.05, 3.63) is 96.1 Å². The van der Waals surface area contributed by atoms with Crippen LogP contribution >= 0.6 is 0 Å². The number of nitrogens with zero attached hydrogens (tertiary/aromatic N) is 1. The summed E-state index contributed by atoms with van der Waals surface area (Å²) in [4.78, 5) is 41.9. The van der Waals surface area contributed by atoms with Gasteiger partial charge in [-0.05, 0) is 35.4 Å². The van der Waals surface area contributed by atoms with Gasteiger partial charge in [0.15, 0.2) is 0 Å². The molecule has 0 radical (unpaired) electrons. The zero-order valence-electron chi connectivity index (χ0n) is 18.8. The summed E-state index contributed by atoms with van der Waals surface area (Å²) in [6.45, 7) is 0. The summed E-state index contributed by atoms with van der Waals surface area (Å²) in [5, 5.41) is 3.38. The average molecular weight is 456 g/mol. The Labute approximate surface area is 197 Å². The van der Waals surface area contributed by atoms with E-state index in [0.29, 0.717) is 11.4 Å². The van der Waals surface area contributed by atoms with Gasteiger partial charge in [0.25, 0.3) is 0 Å². The van der Waals surface area contributed by atoms with E-state index in [-0.39, 0.29) is 5.91 Å². The van der Waals surface area contributed by atoms with Gasteiger partial charge in [-0.1, -0.05) is 60.7 Å². The van der Waals surface area contributed by atoms with E-state index in [1.807, 2.05) is 60.7 Å². The van der Waals surface area contributed by atoms with Crippen LogP contribution in [0.25, 0.3) is 0 Å². The highest BCUT2D eigenvalue weighted by molar-refractivity contribution is 6.24. The minimum absolute atomic E-state index is 0.369. The Morgan fingerprint density at radius 2 is 1.38 bits per heavy atom. The minimum Gasteiger partial charge on any atom is -0.497 e. The number of amides is 2. The molecule has 2 aliphatic rings. The van der Waals surface area contributed by atoms with Crippen LogP contribution < -0.4 is 15.0 Å². The van der Waals surface area contributed by atoms with E-state index in [9.17, 15) is 14.4 Å². The third-order valence-electron chi connectivity index (χ3n) is 6.80. The third-order valence-corrected chi connectivity index (χ3v) is 6.80. The maximum atomic E-state index is 14.1. The first-order valence-corrected chi connectivity index (χ1v) is 11.0. The van der Waals surface area contributed by atoms with Gasteiger partial charge in [-0.3, -0.25) is 19.7 Å². The van der Waals surface area contributed by atoms with E-state index < -0.39 is 35.3 Å². The van der Waals surface area contributed by atoms with Gasteiger partial charge in [0.2, 0.25) is 11.8 Å². The molecule has 3 aromatic rings. The lowest BCUT2D eigenvalue weighted by Crippen LogP contribution is -2.51. The molecular formula is C27H24N2O5. The molecule has 3 aromatic carbocycles. The number of benzene rings is 3. The zero-order chi connectivity index (χ0) is 23.9. The lowest BCUT2D eigenvalue weighted by molar-refractivity contribution is -0.145. The number of hydrogen-bond donors (Lipinski definition) is 1. The fourth-order valence-corrected chi connectivity index (χ4v) is 5.32. The van der Waals surface area contributed by atoms with E-state index in [1.165, 1.54) is 12.0 Å². The molecular weight excluding hydrogens is 432 g/mol. The minimum atomic E-state index is -1.10. The summed E-state index contributed by atoms with van der Waals surface area (Å²) < 4.78 is 10.3. The van der Waals surface area contributed by atoms with Crippen LogP contribution in [0.3, 0.4) is 0 Å². The smallest absolute Gasteiger partial charge is 0.323 e. The predicted octanol–water partition coefficient (Wildman–Crippen LogP) is 2.89. The highest BCUT2D eigenvalue weighted by atomic mass is 16.5. The van der Waals surface area contributed by atoms with E-state index in [2.05, 4.69) is 5.32 Å². The van der Waals surface area contributed by atoms with Gasteiger partial charge in [0.1, 0.15) is 11.8 Å². The number of fused-ring (bicyclic) bond motifs is 1. The summed E-state index contributed by atoms with van der Waals surface area (Å²) in [5.74, 6) is -2.55. The molecule has 7 heteroatoms. The Bertz CT molecular complexity index is 1190. The van der Waals surface area contributed by atoms with Crippen molar-refractivity contribution < 1.29 is 23.9 Å². The Morgan fingerprint density at radius 3 is 1.88 bits per heavy atom. The van der Waals surface area contributed by atoms with Gasteiger partial charge in [0, 0.05) is 0 Å². The van der Waals surface area contributed by atoms with Crippen molar-refractivity contribution >= 4 is 23.5 Å². The Morgan fingerprint density at radius 1 is 0.824 bits per heavy atom. The number of hydrogen-bond acceptors (Lipinski definition) is 6. The second-order valence-corrected chi connectivity index (χ2v) is 8.40. The highest BCUT2D eigenvalue weighted by Gasteiger charge is 2.68. The molecule has 2 heterocycles. The fourth-order valence-electron chi connectivity index (χ4n) is 5.32. The van der Waals surface area contributed by atoms with Crippen molar-refractivity contribution in [2.24, 2.45) is 11.8 Å². The molecule has 1 N–H and O–H groups in total. The summed E-state index contributed by atoms with van der Waals surface area (Å²) in [6.07, 6.45) is 0. The van der Waals surface area contributed by atoms with Gasteiger partial charge in [0.05, 0.1) is 37.3 Å². The fraction of sp³-hybridized carbons (Fsp3) is 0.222. The molecule has 5 rings (SSSR count). The molecule has 34 heavy (non-hydrogen) atoms. The number of methoxy groups -OCH3 is 2. The molecule has 0 bridgehead atoms. The van der Waals surface area contributed by atoms with Crippen molar-refractivity contribution in [2.45, 2.75) is 11.6 Å². The molecule has 2 amide bonds. The third kappa shape index (κ3) is 3.12. The second-order valence-electron chi connectivity index (χ2n) is 8.40. The number of rotatable bonds is 5. The van der Waals surface area contributed by atoms with E-state index in [1.54, 1.807) is 31.4 Å². The molecule has 0 spiro atoms. The van der Waals surface area contributed by atoms with E-state index in [0.717, 1.165) is 11.1 Å². The van der Waals surface area contributed by atoms with Crippen molar-refractivity contribution in [3.63, 3.8) is 0 Å². The number of anilines is 1. The number of carbonyl (C=O) groups excluding carboxylic acids is 3. The van der Waals surface area contributed by atoms with Crippen LogP contribution in [0.4, 0.5) is 5.69 Å². The van der Waals surface area contributed by atoms with Gasteiger partial charge < -0.3 is 9.47 Å². The SMILES string of the molecule is COC(=O)[C@@H]1NC(c2ccccc2)(c2ccccc2)[C@@H]2C(=O)N(c3ccc(OC)cc3)C(=O)[C@@H]21. The van der Waals surface area contributed by atoms with Crippen LogP contribution in [0.15, 0.2) is 84.9 Å². The highest BCUT2D eigenvalue weighted by Crippen LogP contribution is 2.52. The lowest BCUT2D eigenvalue weighted by Gasteiger charge is -2.36. The van der Waals surface area contributed by atoms with Gasteiger partial charge in [-0.2, -0.15) is 0 Å². The van der Waals surface area contributed by atoms with Crippen LogP contribution in [-0.2, 0) is 24.7 Å². The zero-order valence-corrected chi connectivity index (χ0v) is 18.8. The summed E-state index contributed by atoms with van der Waals surface area (Å²) >= 11 is 0. The Balaban J connectivity index is 1.72. The Kier molecular flexibility index (Phi) is 5.42. The maximum Gasteiger partial charge on any atom is 0.323 e. The van der Waals surface area contributed by atoms with E-state index in [4.69, 9.17) is 9.47 Å². The summed E-state index contributed by atoms with van der Waals surface area (Å²) in [7, 11) is 2.83. The monoisotopic (exact) mass is 456 g/mol. The topological polar surface area (TPSA) is 84.9 Å². The number of ether oxygens (including phenoxy) is 2. The molecule has 2 aliphatic heterocycles. The molecule has 3 atom stereocenters. The number of nitrogens with one attached hydrogen (secondary N) is 1. The molecule has 2 fully saturated rings. The normalized spacial score (nSPS) is 23.0. The second kappa shape index (κ2) is 8.43. The molecule has 0 saturated carbocycles. The van der Waals surface area contributed by atoms with Crippen molar-refractivity contribution in [3.8, 4) is 5.75 Å². The molecule has 7 nitrogen and oxygen atoms in total. The summed E-state index contributed by atoms with van der Waals surface area (Å²) in [5.41, 5.74) is 0.921. The summed E-state index contributed by atoms with van der Waals surface area (Å²) in [6, 6.07) is 24.7. The maximum absolute atomic E-state index is 14.1. The van der Waals surface area contributed by atoms with Crippen LogP contribution in [0, 0.1) is 11.8 Å². The van der Waals surface area contributed by atoms with Crippen molar-refractivity contribution in [2.75, 3.05) is 19.1 Å². The van der Waals surface area contributed by atoms with Crippen LogP contribution in [0.5, 0.6) is 5.75 Å². The molecule has 0 aromatic heterocycles. The largest absolute Gasteiger partial charge is 0.497 e. The molecule has 0 unspecified atom stereocenters. The lowest BCUT2D eigenvalue weighted by atomic mass is 9.72. The predicted molar refractivity (Wildman–Crippen MR) is 125 cm³/mol. The molecule has 2 saturated heterocycles. The quantitative estimate of drug-likeness (QED) is 0.470. The molecule has 0 aliphatic carbocycles. The van der Waals surface area contributed by atoms with Crippen molar-refractivity contribution in [1.82, 2.24) is 5.32 Å². The Hall–Kier alpha value is -3.97. The average Bonchev–Trinajstić information content (AvgIpc) is 3.39. The van der Waals surface area contributed by atoms with Crippen molar-refractivity contribution in [1.29, 1.82) is 0 Å². The van der Waals surface area contributed by atoms with Crippen LogP contribution in [0.2, 0.25) is 0 Å². The molecule has 172 valence electrons. The number of imide groups is 1. The van der Waals surface area contributed by atoms with Crippen LogP contribution in [0.1, 0.15) is 11.1 Å². The first-order valence-electron chi connectivity index (χ1n) is 11.0. The van der Waals surface area contributed by atoms with Gasteiger partial charge >= 0.3 is 5.97 Å². The number of carbonyl (C=O) groups is 3. The number of esters is 1. The van der Waals surface area contributed by atoms with Gasteiger partial charge in [-0.25, -0.2) is 4.90 Å².